The van der Waals surface area contributed by atoms with Gasteiger partial charge in [0.1, 0.15) is 6.04 Å². The van der Waals surface area contributed by atoms with E-state index in [4.69, 9.17) is 5.11 Å². The average molecular weight is 203 g/mol. The van der Waals surface area contributed by atoms with Gasteiger partial charge in [-0.15, -0.1) is 0 Å². The van der Waals surface area contributed by atoms with Crippen molar-refractivity contribution in [2.24, 2.45) is 0 Å². The van der Waals surface area contributed by atoms with Crippen molar-refractivity contribution in [2.75, 3.05) is 12.3 Å². The Morgan fingerprint density at radius 1 is 1.77 bits per heavy atom. The fourth-order valence-electron chi connectivity index (χ4n) is 1.49. The van der Waals surface area contributed by atoms with Crippen molar-refractivity contribution >= 4 is 17.7 Å². The van der Waals surface area contributed by atoms with E-state index < -0.39 is 5.97 Å². The first-order valence-corrected chi connectivity index (χ1v) is 5.86. The van der Waals surface area contributed by atoms with Gasteiger partial charge in [0.25, 0.3) is 0 Å². The molecule has 0 radical (unpaired) electrons. The molecule has 13 heavy (non-hydrogen) atoms. The highest BCUT2D eigenvalue weighted by atomic mass is 32.2. The van der Waals surface area contributed by atoms with Gasteiger partial charge < -0.3 is 10.4 Å². The number of aliphatic carboxylic acids is 1. The fourth-order valence-corrected chi connectivity index (χ4v) is 2.70. The first-order valence-electron chi connectivity index (χ1n) is 4.81. The van der Waals surface area contributed by atoms with Crippen molar-refractivity contribution in [2.45, 2.75) is 37.5 Å². The quantitative estimate of drug-likeness (QED) is 0.708. The molecule has 0 aromatic carbocycles. The predicted octanol–water partition coefficient (Wildman–Crippen LogP) is 1.33. The zero-order valence-electron chi connectivity index (χ0n) is 7.95. The van der Waals surface area contributed by atoms with E-state index in [0.29, 0.717) is 11.7 Å². The molecule has 0 saturated carbocycles. The second-order valence-electron chi connectivity index (χ2n) is 3.34. The molecule has 0 aromatic heterocycles. The summed E-state index contributed by atoms with van der Waals surface area (Å²) in [6.07, 6.45) is 3.17. The smallest absolute Gasteiger partial charge is 0.320 e. The summed E-state index contributed by atoms with van der Waals surface area (Å²) in [5.74, 6) is 0.501. The van der Waals surface area contributed by atoms with Gasteiger partial charge in [-0.2, -0.15) is 11.8 Å². The van der Waals surface area contributed by atoms with Crippen LogP contribution in [0.25, 0.3) is 0 Å². The monoisotopic (exact) mass is 203 g/mol. The summed E-state index contributed by atoms with van der Waals surface area (Å²) < 4.78 is 0. The van der Waals surface area contributed by atoms with Gasteiger partial charge in [0.2, 0.25) is 0 Å². The van der Waals surface area contributed by atoms with E-state index >= 15 is 0 Å². The Morgan fingerprint density at radius 2 is 2.54 bits per heavy atom. The summed E-state index contributed by atoms with van der Waals surface area (Å²) in [5, 5.41) is 12.5. The molecule has 4 heteroatoms. The first-order chi connectivity index (χ1) is 6.24. The van der Waals surface area contributed by atoms with Crippen LogP contribution in [0.15, 0.2) is 0 Å². The van der Waals surface area contributed by atoms with Gasteiger partial charge in [0.15, 0.2) is 0 Å². The van der Waals surface area contributed by atoms with Gasteiger partial charge in [-0.3, -0.25) is 4.79 Å². The van der Waals surface area contributed by atoms with Crippen LogP contribution in [-0.4, -0.2) is 34.7 Å². The molecule has 2 unspecified atom stereocenters. The number of carboxylic acid groups (broad SMARTS) is 1. The normalized spacial score (nSPS) is 24.5. The fraction of sp³-hybridized carbons (Fsp3) is 0.889. The number of hydrogen-bond acceptors (Lipinski definition) is 3. The third kappa shape index (κ3) is 3.56. The molecule has 76 valence electrons. The Labute approximate surface area is 83.3 Å². The van der Waals surface area contributed by atoms with Crippen LogP contribution in [0.3, 0.4) is 0 Å². The summed E-state index contributed by atoms with van der Waals surface area (Å²) in [4.78, 5) is 10.7. The van der Waals surface area contributed by atoms with E-state index in [0.717, 1.165) is 6.54 Å². The van der Waals surface area contributed by atoms with Crippen molar-refractivity contribution in [3.63, 3.8) is 0 Å². The van der Waals surface area contributed by atoms with Crippen LogP contribution in [0.5, 0.6) is 0 Å². The second-order valence-corrected chi connectivity index (χ2v) is 4.75. The average Bonchev–Trinajstić information content (AvgIpc) is 2.57. The molecule has 1 aliphatic rings. The van der Waals surface area contributed by atoms with Crippen molar-refractivity contribution in [1.82, 2.24) is 5.32 Å². The lowest BCUT2D eigenvalue weighted by molar-refractivity contribution is -0.139. The number of carboxylic acids is 1. The number of thioether (sulfide) groups is 1. The minimum absolute atomic E-state index is 0.360. The molecular formula is C9H17NO2S. The van der Waals surface area contributed by atoms with Gasteiger partial charge in [-0.25, -0.2) is 0 Å². The Bertz CT molecular complexity index is 169. The summed E-state index contributed by atoms with van der Waals surface area (Å²) in [6, 6.07) is -0.360. The van der Waals surface area contributed by atoms with E-state index in [-0.39, 0.29) is 6.04 Å². The molecule has 2 atom stereocenters. The summed E-state index contributed by atoms with van der Waals surface area (Å²) >= 11 is 1.95. The molecule has 0 aliphatic carbocycles. The topological polar surface area (TPSA) is 49.3 Å². The van der Waals surface area contributed by atoms with E-state index in [1.807, 2.05) is 18.7 Å². The number of carbonyl (C=O) groups is 1. The molecule has 1 aliphatic heterocycles. The van der Waals surface area contributed by atoms with Gasteiger partial charge in [-0.1, -0.05) is 6.92 Å². The Kier molecular flexibility index (Phi) is 4.59. The van der Waals surface area contributed by atoms with Crippen LogP contribution in [0, 0.1) is 0 Å². The molecule has 3 nitrogen and oxygen atoms in total. The Hall–Kier alpha value is -0.220. The molecule has 2 N–H and O–H groups in total. The lowest BCUT2D eigenvalue weighted by Crippen LogP contribution is -2.39. The molecule has 1 heterocycles. The minimum atomic E-state index is -0.731. The summed E-state index contributed by atoms with van der Waals surface area (Å²) in [6.45, 7) is 2.74. The third-order valence-electron chi connectivity index (χ3n) is 2.32. The largest absolute Gasteiger partial charge is 0.480 e. The van der Waals surface area contributed by atoms with Crippen molar-refractivity contribution < 1.29 is 9.90 Å². The van der Waals surface area contributed by atoms with Gasteiger partial charge >= 0.3 is 5.97 Å². The van der Waals surface area contributed by atoms with Crippen molar-refractivity contribution in [3.8, 4) is 0 Å². The molecular weight excluding hydrogens is 186 g/mol. The van der Waals surface area contributed by atoms with E-state index in [1.54, 1.807) is 0 Å². The number of rotatable bonds is 5. The second kappa shape index (κ2) is 5.50. The van der Waals surface area contributed by atoms with Gasteiger partial charge in [0.05, 0.1) is 0 Å². The molecule has 0 amide bonds. The van der Waals surface area contributed by atoms with Crippen molar-refractivity contribution in [3.05, 3.63) is 0 Å². The lowest BCUT2D eigenvalue weighted by Gasteiger charge is -2.15. The maximum Gasteiger partial charge on any atom is 0.320 e. The highest BCUT2D eigenvalue weighted by Gasteiger charge is 2.19. The summed E-state index contributed by atoms with van der Waals surface area (Å²) in [7, 11) is 0. The Morgan fingerprint density at radius 3 is 3.00 bits per heavy atom. The molecule has 0 bridgehead atoms. The van der Waals surface area contributed by atoms with Crippen LogP contribution in [-0.2, 0) is 4.79 Å². The number of nitrogens with one attached hydrogen (secondary N) is 1. The summed E-state index contributed by atoms with van der Waals surface area (Å²) in [5.41, 5.74) is 0. The van der Waals surface area contributed by atoms with Gasteiger partial charge in [-0.05, 0) is 25.0 Å². The van der Waals surface area contributed by atoms with Crippen LogP contribution >= 0.6 is 11.8 Å². The minimum Gasteiger partial charge on any atom is -0.480 e. The van der Waals surface area contributed by atoms with Crippen LogP contribution in [0.4, 0.5) is 0 Å². The molecule has 1 rings (SSSR count). The molecule has 0 spiro atoms. The van der Waals surface area contributed by atoms with Gasteiger partial charge in [0, 0.05) is 11.8 Å². The van der Waals surface area contributed by atoms with E-state index in [1.165, 1.54) is 18.6 Å². The van der Waals surface area contributed by atoms with Crippen LogP contribution in [0.2, 0.25) is 0 Å². The SMILES string of the molecule is CCC(NCC1CCCS1)C(=O)O. The van der Waals surface area contributed by atoms with Crippen LogP contribution in [0.1, 0.15) is 26.2 Å². The van der Waals surface area contributed by atoms with E-state index in [9.17, 15) is 4.79 Å². The molecule has 1 saturated heterocycles. The lowest BCUT2D eigenvalue weighted by atomic mass is 10.2. The molecule has 0 aromatic rings. The maximum atomic E-state index is 10.7. The highest BCUT2D eigenvalue weighted by Crippen LogP contribution is 2.25. The zero-order chi connectivity index (χ0) is 9.68. The number of hydrogen-bond donors (Lipinski definition) is 2. The van der Waals surface area contributed by atoms with Crippen molar-refractivity contribution in [1.29, 1.82) is 0 Å². The zero-order valence-corrected chi connectivity index (χ0v) is 8.77. The Balaban J connectivity index is 2.18. The maximum absolute atomic E-state index is 10.7. The highest BCUT2D eigenvalue weighted by molar-refractivity contribution is 8.00. The van der Waals surface area contributed by atoms with Crippen LogP contribution < -0.4 is 5.32 Å². The predicted molar refractivity (Wildman–Crippen MR) is 55.2 cm³/mol. The first kappa shape index (κ1) is 10.9. The van der Waals surface area contributed by atoms with E-state index in [2.05, 4.69) is 5.32 Å². The molecule has 1 fully saturated rings. The standard InChI is InChI=1S/C9H17NO2S/c1-2-8(9(11)12)10-6-7-4-3-5-13-7/h7-8,10H,2-6H2,1H3,(H,11,12). The third-order valence-corrected chi connectivity index (χ3v) is 3.72.